The lowest BCUT2D eigenvalue weighted by Gasteiger charge is -2.29. The summed E-state index contributed by atoms with van der Waals surface area (Å²) >= 11 is 0. The molecule has 0 bridgehead atoms. The zero-order valence-electron chi connectivity index (χ0n) is 7.81. The molecule has 0 aromatic carbocycles. The van der Waals surface area contributed by atoms with Gasteiger partial charge in [-0.3, -0.25) is 0 Å². The van der Waals surface area contributed by atoms with Crippen LogP contribution in [-0.2, 0) is 4.74 Å². The van der Waals surface area contributed by atoms with Gasteiger partial charge in [0.05, 0.1) is 6.10 Å². The highest BCUT2D eigenvalue weighted by Crippen LogP contribution is 2.21. The third-order valence-electron chi connectivity index (χ3n) is 1.60. The Balaban J connectivity index is 3.84. The number of ether oxygens (including phenoxy) is 1. The maximum atomic E-state index is 11.8. The second-order valence-electron chi connectivity index (χ2n) is 3.81. The molecular formula is C8H17F2NO. The first-order chi connectivity index (χ1) is 5.38. The Bertz CT molecular complexity index is 123. The number of hydrogen-bond donors (Lipinski definition) is 1. The van der Waals surface area contributed by atoms with Crippen molar-refractivity contribution in [3.05, 3.63) is 0 Å². The van der Waals surface area contributed by atoms with Crippen LogP contribution in [0.1, 0.15) is 20.8 Å². The highest BCUT2D eigenvalue weighted by molar-refractivity contribution is 4.75. The van der Waals surface area contributed by atoms with E-state index in [0.717, 1.165) is 0 Å². The van der Waals surface area contributed by atoms with Crippen LogP contribution in [0, 0.1) is 5.41 Å². The minimum atomic E-state index is -2.42. The molecule has 0 spiro atoms. The van der Waals surface area contributed by atoms with Crippen LogP contribution in [0.4, 0.5) is 8.78 Å². The summed E-state index contributed by atoms with van der Waals surface area (Å²) in [6.07, 6.45) is -2.71. The number of hydrogen-bond acceptors (Lipinski definition) is 2. The summed E-state index contributed by atoms with van der Waals surface area (Å²) in [4.78, 5) is 0. The van der Waals surface area contributed by atoms with E-state index >= 15 is 0 Å². The SMILES string of the molecule is CC(C)(C)C(CN)OCC(F)F. The molecule has 0 aliphatic carbocycles. The van der Waals surface area contributed by atoms with Gasteiger partial charge in [0.15, 0.2) is 0 Å². The average Bonchev–Trinajstić information content (AvgIpc) is 1.85. The van der Waals surface area contributed by atoms with Crippen molar-refractivity contribution in [3.8, 4) is 0 Å². The van der Waals surface area contributed by atoms with Crippen molar-refractivity contribution in [2.24, 2.45) is 11.1 Å². The van der Waals surface area contributed by atoms with Gasteiger partial charge in [0.25, 0.3) is 6.43 Å². The Kier molecular flexibility index (Phi) is 4.63. The number of rotatable bonds is 4. The minimum Gasteiger partial charge on any atom is -0.370 e. The van der Waals surface area contributed by atoms with Gasteiger partial charge in [-0.1, -0.05) is 20.8 Å². The molecule has 0 radical (unpaired) electrons. The molecule has 0 amide bonds. The van der Waals surface area contributed by atoms with E-state index in [0.29, 0.717) is 0 Å². The second-order valence-corrected chi connectivity index (χ2v) is 3.81. The summed E-state index contributed by atoms with van der Waals surface area (Å²) in [5.41, 5.74) is 5.20. The van der Waals surface area contributed by atoms with Gasteiger partial charge in [0, 0.05) is 6.54 Å². The average molecular weight is 181 g/mol. The predicted molar refractivity (Wildman–Crippen MR) is 44.3 cm³/mol. The maximum absolute atomic E-state index is 11.8. The zero-order chi connectivity index (χ0) is 9.78. The number of nitrogens with two attached hydrogens (primary N) is 1. The molecule has 0 aromatic rings. The fraction of sp³-hybridized carbons (Fsp3) is 1.00. The lowest BCUT2D eigenvalue weighted by atomic mass is 9.89. The summed E-state index contributed by atoms with van der Waals surface area (Å²) in [7, 11) is 0. The molecular weight excluding hydrogens is 164 g/mol. The molecule has 2 N–H and O–H groups in total. The normalized spacial score (nSPS) is 15.2. The highest BCUT2D eigenvalue weighted by atomic mass is 19.3. The van der Waals surface area contributed by atoms with E-state index in [1.54, 1.807) is 0 Å². The van der Waals surface area contributed by atoms with Gasteiger partial charge >= 0.3 is 0 Å². The molecule has 0 saturated heterocycles. The van der Waals surface area contributed by atoms with Crippen molar-refractivity contribution in [1.29, 1.82) is 0 Å². The van der Waals surface area contributed by atoms with Crippen LogP contribution in [-0.4, -0.2) is 25.7 Å². The van der Waals surface area contributed by atoms with Crippen LogP contribution in [0.25, 0.3) is 0 Å². The Morgan fingerprint density at radius 3 is 2.08 bits per heavy atom. The molecule has 4 heteroatoms. The Morgan fingerprint density at radius 1 is 1.33 bits per heavy atom. The van der Waals surface area contributed by atoms with Gasteiger partial charge < -0.3 is 10.5 Å². The van der Waals surface area contributed by atoms with Crippen molar-refractivity contribution < 1.29 is 13.5 Å². The molecule has 0 aliphatic rings. The third kappa shape index (κ3) is 4.62. The molecule has 0 rings (SSSR count). The lowest BCUT2D eigenvalue weighted by Crippen LogP contribution is -2.37. The first kappa shape index (κ1) is 11.8. The lowest BCUT2D eigenvalue weighted by molar-refractivity contribution is -0.0607. The largest absolute Gasteiger partial charge is 0.370 e. The van der Waals surface area contributed by atoms with Crippen LogP contribution < -0.4 is 5.73 Å². The fourth-order valence-electron chi connectivity index (χ4n) is 0.860. The van der Waals surface area contributed by atoms with Crippen molar-refractivity contribution in [2.75, 3.05) is 13.2 Å². The maximum Gasteiger partial charge on any atom is 0.261 e. The quantitative estimate of drug-likeness (QED) is 0.715. The van der Waals surface area contributed by atoms with Crippen molar-refractivity contribution in [3.63, 3.8) is 0 Å². The summed E-state index contributed by atoms with van der Waals surface area (Å²) in [5, 5.41) is 0. The fourth-order valence-corrected chi connectivity index (χ4v) is 0.860. The molecule has 1 unspecified atom stereocenters. The molecule has 2 nitrogen and oxygen atoms in total. The van der Waals surface area contributed by atoms with E-state index in [9.17, 15) is 8.78 Å². The summed E-state index contributed by atoms with van der Waals surface area (Å²) < 4.78 is 28.4. The van der Waals surface area contributed by atoms with Gasteiger partial charge in [-0.05, 0) is 5.41 Å². The molecule has 74 valence electrons. The summed E-state index contributed by atoms with van der Waals surface area (Å²) in [5.74, 6) is 0. The van der Waals surface area contributed by atoms with Gasteiger partial charge in [-0.25, -0.2) is 8.78 Å². The van der Waals surface area contributed by atoms with E-state index in [2.05, 4.69) is 0 Å². The summed E-state index contributed by atoms with van der Waals surface area (Å²) in [6, 6.07) is 0. The number of alkyl halides is 2. The van der Waals surface area contributed by atoms with Crippen LogP contribution in [0.3, 0.4) is 0 Å². The van der Waals surface area contributed by atoms with Gasteiger partial charge in [0.1, 0.15) is 6.61 Å². The monoisotopic (exact) mass is 181 g/mol. The molecule has 0 heterocycles. The standard InChI is InChI=1S/C8H17F2NO/c1-8(2,3)6(4-11)12-5-7(9)10/h6-7H,4-5,11H2,1-3H3. The van der Waals surface area contributed by atoms with Crippen LogP contribution in [0.5, 0.6) is 0 Å². The Labute approximate surface area is 72.1 Å². The Morgan fingerprint density at radius 2 is 1.83 bits per heavy atom. The smallest absolute Gasteiger partial charge is 0.261 e. The topological polar surface area (TPSA) is 35.2 Å². The molecule has 0 aromatic heterocycles. The minimum absolute atomic E-state index is 0.177. The van der Waals surface area contributed by atoms with Gasteiger partial charge in [-0.2, -0.15) is 0 Å². The van der Waals surface area contributed by atoms with Gasteiger partial charge in [-0.15, -0.1) is 0 Å². The van der Waals surface area contributed by atoms with Crippen LogP contribution in [0.2, 0.25) is 0 Å². The van der Waals surface area contributed by atoms with Crippen LogP contribution in [0.15, 0.2) is 0 Å². The van der Waals surface area contributed by atoms with E-state index < -0.39 is 13.0 Å². The first-order valence-electron chi connectivity index (χ1n) is 3.97. The van der Waals surface area contributed by atoms with E-state index in [4.69, 9.17) is 10.5 Å². The molecule has 1 atom stereocenters. The highest BCUT2D eigenvalue weighted by Gasteiger charge is 2.24. The zero-order valence-corrected chi connectivity index (χ0v) is 7.81. The Hall–Kier alpha value is -0.220. The van der Waals surface area contributed by atoms with Gasteiger partial charge in [0.2, 0.25) is 0 Å². The molecule has 0 fully saturated rings. The van der Waals surface area contributed by atoms with E-state index in [-0.39, 0.29) is 18.1 Å². The van der Waals surface area contributed by atoms with Crippen molar-refractivity contribution in [1.82, 2.24) is 0 Å². The molecule has 0 saturated carbocycles. The van der Waals surface area contributed by atoms with Crippen LogP contribution >= 0.6 is 0 Å². The summed E-state index contributed by atoms with van der Waals surface area (Å²) in [6.45, 7) is 5.48. The van der Waals surface area contributed by atoms with Crippen molar-refractivity contribution in [2.45, 2.75) is 33.3 Å². The molecule has 0 aliphatic heterocycles. The van der Waals surface area contributed by atoms with E-state index in [1.807, 2.05) is 20.8 Å². The third-order valence-corrected chi connectivity index (χ3v) is 1.60. The number of halogens is 2. The second kappa shape index (κ2) is 4.72. The molecule has 12 heavy (non-hydrogen) atoms. The first-order valence-corrected chi connectivity index (χ1v) is 3.97. The van der Waals surface area contributed by atoms with E-state index in [1.165, 1.54) is 0 Å². The predicted octanol–water partition coefficient (Wildman–Crippen LogP) is 1.64. The van der Waals surface area contributed by atoms with Crippen molar-refractivity contribution >= 4 is 0 Å².